The Hall–Kier alpha value is -3.90. The number of benzene rings is 3. The lowest BCUT2D eigenvalue weighted by Crippen LogP contribution is -2.32. The van der Waals surface area contributed by atoms with Gasteiger partial charge in [-0.2, -0.15) is 17.5 Å². The Morgan fingerprint density at radius 2 is 1.55 bits per heavy atom. The molecule has 0 unspecified atom stereocenters. The van der Waals surface area contributed by atoms with Crippen LogP contribution in [0.5, 0.6) is 11.5 Å². The number of aromatic amines is 1. The fraction of sp³-hybridized carbons (Fsp3) is 0.192. The van der Waals surface area contributed by atoms with E-state index in [0.29, 0.717) is 34.0 Å². The number of nitrogens with zero attached hydrogens (tertiary/aromatic N) is 1. The Morgan fingerprint density at radius 1 is 0.895 bits per heavy atom. The van der Waals surface area contributed by atoms with Crippen LogP contribution >= 0.6 is 0 Å². The van der Waals surface area contributed by atoms with Gasteiger partial charge in [0, 0.05) is 30.1 Å². The number of fused-ring (bicyclic) bond motifs is 1. The Kier molecular flexibility index (Phi) is 7.47. The topological polar surface area (TPSA) is 88.7 Å². The van der Waals surface area contributed by atoms with E-state index in [9.17, 15) is 30.8 Å². The highest BCUT2D eigenvalue weighted by Gasteiger charge is 2.33. The van der Waals surface area contributed by atoms with Gasteiger partial charge < -0.3 is 14.5 Å². The number of halogens is 4. The maximum absolute atomic E-state index is 13.6. The van der Waals surface area contributed by atoms with Crippen molar-refractivity contribution in [2.24, 2.45) is 0 Å². The quantitative estimate of drug-likeness (QED) is 0.309. The highest BCUT2D eigenvalue weighted by atomic mass is 32.2. The number of hydrogen-bond acceptors (Lipinski definition) is 5. The molecule has 1 N–H and O–H groups in total. The van der Waals surface area contributed by atoms with Gasteiger partial charge in [0.1, 0.15) is 5.82 Å². The predicted octanol–water partition coefficient (Wildman–Crippen LogP) is 5.09. The van der Waals surface area contributed by atoms with Crippen LogP contribution in [0.1, 0.15) is 16.7 Å². The molecule has 38 heavy (non-hydrogen) atoms. The summed E-state index contributed by atoms with van der Waals surface area (Å²) in [5.41, 5.74) is -0.937. The highest BCUT2D eigenvalue weighted by molar-refractivity contribution is 7.89. The molecule has 200 valence electrons. The van der Waals surface area contributed by atoms with Crippen molar-refractivity contribution in [2.75, 3.05) is 14.2 Å². The summed E-state index contributed by atoms with van der Waals surface area (Å²) in [6, 6.07) is 12.9. The molecule has 0 aliphatic rings. The summed E-state index contributed by atoms with van der Waals surface area (Å²) in [5, 5.41) is 0.510. The second-order valence-electron chi connectivity index (χ2n) is 8.34. The Morgan fingerprint density at radius 3 is 2.18 bits per heavy atom. The minimum absolute atomic E-state index is 0.0300. The number of hydrogen-bond donors (Lipinski definition) is 1. The molecule has 7 nitrogen and oxygen atoms in total. The van der Waals surface area contributed by atoms with Crippen molar-refractivity contribution in [1.82, 2.24) is 9.29 Å². The summed E-state index contributed by atoms with van der Waals surface area (Å²) in [7, 11) is -1.68. The zero-order valence-corrected chi connectivity index (χ0v) is 21.0. The molecule has 3 aromatic carbocycles. The first-order valence-corrected chi connectivity index (χ1v) is 12.6. The Balaban J connectivity index is 1.81. The number of ether oxygens (including phenoxy) is 2. The molecule has 0 spiro atoms. The number of rotatable bonds is 8. The molecule has 0 amide bonds. The van der Waals surface area contributed by atoms with Crippen LogP contribution in [0, 0.1) is 5.82 Å². The van der Waals surface area contributed by atoms with E-state index in [1.807, 2.05) is 0 Å². The number of aromatic nitrogens is 1. The van der Waals surface area contributed by atoms with Crippen LogP contribution in [0.4, 0.5) is 17.6 Å². The lowest BCUT2D eigenvalue weighted by molar-refractivity contribution is -0.137. The smallest absolute Gasteiger partial charge is 0.416 e. The summed E-state index contributed by atoms with van der Waals surface area (Å²) in [5.74, 6) is 0.197. The second kappa shape index (κ2) is 10.5. The maximum Gasteiger partial charge on any atom is 0.416 e. The van der Waals surface area contributed by atoms with Gasteiger partial charge in [0.05, 0.1) is 30.2 Å². The van der Waals surface area contributed by atoms with Gasteiger partial charge in [0.25, 0.3) is 5.56 Å². The minimum atomic E-state index is -4.76. The van der Waals surface area contributed by atoms with Crippen molar-refractivity contribution in [2.45, 2.75) is 24.2 Å². The van der Waals surface area contributed by atoms with Gasteiger partial charge in [-0.25, -0.2) is 12.8 Å². The second-order valence-corrected chi connectivity index (χ2v) is 10.3. The summed E-state index contributed by atoms with van der Waals surface area (Å²) >= 11 is 0. The summed E-state index contributed by atoms with van der Waals surface area (Å²) in [6.45, 7) is -0.808. The maximum atomic E-state index is 13.6. The molecule has 0 saturated heterocycles. The van der Waals surface area contributed by atoms with Gasteiger partial charge in [-0.1, -0.05) is 18.2 Å². The molecule has 0 saturated carbocycles. The summed E-state index contributed by atoms with van der Waals surface area (Å²) in [4.78, 5) is 15.0. The zero-order valence-electron chi connectivity index (χ0n) is 20.2. The third kappa shape index (κ3) is 5.65. The van der Waals surface area contributed by atoms with Crippen LogP contribution in [0.3, 0.4) is 0 Å². The van der Waals surface area contributed by atoms with Gasteiger partial charge in [-0.3, -0.25) is 4.79 Å². The highest BCUT2D eigenvalue weighted by Crippen LogP contribution is 2.33. The molecule has 4 aromatic rings. The molecule has 0 atom stereocenters. The van der Waals surface area contributed by atoms with E-state index in [-0.39, 0.29) is 12.1 Å². The Bertz CT molecular complexity index is 1630. The van der Waals surface area contributed by atoms with E-state index in [1.54, 1.807) is 12.1 Å². The average Bonchev–Trinajstić information content (AvgIpc) is 2.88. The van der Waals surface area contributed by atoms with Crippen LogP contribution in [-0.4, -0.2) is 31.9 Å². The number of alkyl halides is 3. The molecule has 0 radical (unpaired) electrons. The van der Waals surface area contributed by atoms with Crippen LogP contribution < -0.4 is 15.0 Å². The van der Waals surface area contributed by atoms with Crippen molar-refractivity contribution in [3.63, 3.8) is 0 Å². The largest absolute Gasteiger partial charge is 0.493 e. The average molecular weight is 551 g/mol. The predicted molar refractivity (Wildman–Crippen MR) is 132 cm³/mol. The van der Waals surface area contributed by atoms with Crippen LogP contribution in [0.25, 0.3) is 10.9 Å². The van der Waals surface area contributed by atoms with E-state index in [0.717, 1.165) is 34.6 Å². The van der Waals surface area contributed by atoms with Crippen LogP contribution in [0.2, 0.25) is 0 Å². The van der Waals surface area contributed by atoms with E-state index >= 15 is 0 Å². The molecule has 1 aromatic heterocycles. The third-order valence-electron chi connectivity index (χ3n) is 5.84. The van der Waals surface area contributed by atoms with Crippen molar-refractivity contribution in [3.05, 3.63) is 99.6 Å². The molecule has 0 aliphatic carbocycles. The molecule has 0 aliphatic heterocycles. The minimum Gasteiger partial charge on any atom is -0.493 e. The van der Waals surface area contributed by atoms with Gasteiger partial charge in [-0.05, 0) is 48.0 Å². The van der Waals surface area contributed by atoms with Crippen molar-refractivity contribution in [1.29, 1.82) is 0 Å². The normalized spacial score (nSPS) is 12.2. The van der Waals surface area contributed by atoms with Crippen molar-refractivity contribution < 1.29 is 35.5 Å². The molecule has 1 heterocycles. The van der Waals surface area contributed by atoms with E-state index in [1.165, 1.54) is 32.4 Å². The molecular weight excluding hydrogens is 528 g/mol. The van der Waals surface area contributed by atoms with Crippen LogP contribution in [-0.2, 0) is 29.3 Å². The number of H-pyrrole nitrogens is 1. The lowest BCUT2D eigenvalue weighted by atomic mass is 10.1. The number of sulfonamides is 1. The van der Waals surface area contributed by atoms with Gasteiger partial charge >= 0.3 is 6.18 Å². The van der Waals surface area contributed by atoms with Gasteiger partial charge in [0.15, 0.2) is 11.5 Å². The van der Waals surface area contributed by atoms with E-state index < -0.39 is 44.6 Å². The summed E-state index contributed by atoms with van der Waals surface area (Å²) < 4.78 is 91.9. The number of nitrogens with one attached hydrogen (secondary N) is 1. The van der Waals surface area contributed by atoms with E-state index in [2.05, 4.69) is 4.98 Å². The molecule has 12 heteroatoms. The van der Waals surface area contributed by atoms with Crippen LogP contribution in [0.15, 0.2) is 76.4 Å². The molecular formula is C26H22F4N2O5S. The lowest BCUT2D eigenvalue weighted by Gasteiger charge is -2.23. The first-order chi connectivity index (χ1) is 17.9. The third-order valence-corrected chi connectivity index (χ3v) is 7.63. The molecule has 0 bridgehead atoms. The number of methoxy groups -OCH3 is 2. The number of pyridine rings is 1. The first kappa shape index (κ1) is 27.1. The standard InChI is InChI=1S/C26H22F4N2O5S/c1-36-23-11-17-10-18(25(33)31-22(17)13-24(23)37-2)15-32(14-16-6-8-20(27)9-7-16)38(34,35)21-5-3-4-19(12-21)26(28,29)30/h3-13H,14-15H2,1-2H3,(H,31,33). The summed E-state index contributed by atoms with van der Waals surface area (Å²) in [6.07, 6.45) is -4.76. The van der Waals surface area contributed by atoms with Crippen molar-refractivity contribution >= 4 is 20.9 Å². The Labute approximate surface area is 215 Å². The first-order valence-electron chi connectivity index (χ1n) is 11.1. The van der Waals surface area contributed by atoms with E-state index in [4.69, 9.17) is 9.47 Å². The zero-order chi connectivity index (χ0) is 27.7. The van der Waals surface area contributed by atoms with Gasteiger partial charge in [-0.15, -0.1) is 0 Å². The molecule has 4 rings (SSSR count). The monoisotopic (exact) mass is 550 g/mol. The fourth-order valence-corrected chi connectivity index (χ4v) is 5.34. The SMILES string of the molecule is COc1cc2cc(CN(Cc3ccc(F)cc3)S(=O)(=O)c3cccc(C(F)(F)F)c3)c(=O)[nH]c2cc1OC. The molecule has 0 fully saturated rings. The fourth-order valence-electron chi connectivity index (χ4n) is 3.89. The van der Waals surface area contributed by atoms with Gasteiger partial charge in [0.2, 0.25) is 10.0 Å². The van der Waals surface area contributed by atoms with Crippen molar-refractivity contribution in [3.8, 4) is 11.5 Å².